The molecular formula is C33H23ClN2O3. The summed E-state index contributed by atoms with van der Waals surface area (Å²) in [7, 11) is 0. The average Bonchev–Trinajstić information content (AvgIpc) is 3.40. The summed E-state index contributed by atoms with van der Waals surface area (Å²) in [6, 6.07) is 31.4. The Hall–Kier alpha value is -4.74. The molecule has 1 N–H and O–H groups in total. The number of pyridine rings is 1. The van der Waals surface area contributed by atoms with Crippen LogP contribution in [-0.4, -0.2) is 21.7 Å². The minimum atomic E-state index is -1.14. The molecule has 0 aliphatic carbocycles. The van der Waals surface area contributed by atoms with Crippen LogP contribution in [0.5, 0.6) is 0 Å². The number of fused-ring (bicyclic) bond motifs is 2. The zero-order valence-electron chi connectivity index (χ0n) is 21.0. The molecule has 5 nitrogen and oxygen atoms in total. The predicted molar refractivity (Wildman–Crippen MR) is 154 cm³/mol. The van der Waals surface area contributed by atoms with Gasteiger partial charge in [0, 0.05) is 44.2 Å². The van der Waals surface area contributed by atoms with Gasteiger partial charge < -0.3 is 9.72 Å². The highest BCUT2D eigenvalue weighted by Gasteiger charge is 2.30. The maximum absolute atomic E-state index is 14.0. The number of carbonyl (C=O) groups excluding carboxylic acids is 2. The van der Waals surface area contributed by atoms with Crippen LogP contribution in [0.3, 0.4) is 0 Å². The third-order valence-corrected chi connectivity index (χ3v) is 7.09. The minimum absolute atomic E-state index is 0.307. The number of ether oxygens (including phenoxy) is 1. The van der Waals surface area contributed by atoms with Crippen molar-refractivity contribution in [3.63, 3.8) is 0 Å². The molecule has 6 aromatic rings. The largest absolute Gasteiger partial charge is 0.445 e. The number of hydrogen-bond acceptors (Lipinski definition) is 4. The standard InChI is InChI=1S/C33H23ClN2O3/c1-20-29(25-15-6-8-17-28(25)36-30(20)22-12-9-13-23(34)18-22)33(38)39-32(21-10-3-2-4-11-21)31(37)26-19-35-27-16-7-5-14-24(26)27/h2-19,32,35H,1H3/t32-/m1/s1. The van der Waals surface area contributed by atoms with Gasteiger partial charge in [0.25, 0.3) is 0 Å². The Balaban J connectivity index is 1.47. The Bertz CT molecular complexity index is 1860. The first-order valence-corrected chi connectivity index (χ1v) is 12.9. The zero-order chi connectivity index (χ0) is 26.9. The quantitative estimate of drug-likeness (QED) is 0.174. The Morgan fingerprint density at radius 1 is 0.846 bits per heavy atom. The monoisotopic (exact) mass is 530 g/mol. The molecule has 6 heteroatoms. The highest BCUT2D eigenvalue weighted by atomic mass is 35.5. The summed E-state index contributed by atoms with van der Waals surface area (Å²) < 4.78 is 6.10. The van der Waals surface area contributed by atoms with Crippen molar-refractivity contribution in [1.82, 2.24) is 9.97 Å². The fraction of sp³-hybridized carbons (Fsp3) is 0.0606. The second kappa shape index (κ2) is 10.2. The SMILES string of the molecule is Cc1c(-c2cccc(Cl)c2)nc2ccccc2c1C(=O)O[C@@H](C(=O)c1c[nH]c2ccccc12)c1ccccc1. The van der Waals surface area contributed by atoms with Crippen molar-refractivity contribution < 1.29 is 14.3 Å². The lowest BCUT2D eigenvalue weighted by molar-refractivity contribution is 0.0282. The molecule has 4 aromatic carbocycles. The van der Waals surface area contributed by atoms with Crippen molar-refractivity contribution in [2.45, 2.75) is 13.0 Å². The molecule has 0 spiro atoms. The Labute approximate surface area is 230 Å². The van der Waals surface area contributed by atoms with Crippen LogP contribution in [0.1, 0.15) is 37.9 Å². The van der Waals surface area contributed by atoms with Crippen LogP contribution < -0.4 is 0 Å². The van der Waals surface area contributed by atoms with E-state index in [0.717, 1.165) is 16.5 Å². The van der Waals surface area contributed by atoms with Crippen molar-refractivity contribution >= 4 is 45.2 Å². The average molecular weight is 531 g/mol. The number of nitrogens with zero attached hydrogens (tertiary/aromatic N) is 1. The maximum Gasteiger partial charge on any atom is 0.340 e. The van der Waals surface area contributed by atoms with Crippen molar-refractivity contribution in [3.8, 4) is 11.3 Å². The fourth-order valence-electron chi connectivity index (χ4n) is 4.97. The van der Waals surface area contributed by atoms with E-state index in [0.29, 0.717) is 43.9 Å². The number of rotatable bonds is 6. The molecule has 1 atom stereocenters. The zero-order valence-corrected chi connectivity index (χ0v) is 21.8. The molecule has 0 fully saturated rings. The van der Waals surface area contributed by atoms with Gasteiger partial charge in [-0.3, -0.25) is 4.79 Å². The molecule has 6 rings (SSSR count). The lowest BCUT2D eigenvalue weighted by Crippen LogP contribution is -2.21. The molecule has 0 radical (unpaired) electrons. The van der Waals surface area contributed by atoms with Crippen LogP contribution >= 0.6 is 11.6 Å². The van der Waals surface area contributed by atoms with E-state index in [1.54, 1.807) is 24.4 Å². The second-order valence-corrected chi connectivity index (χ2v) is 9.73. The molecule has 0 aliphatic rings. The molecule has 0 saturated carbocycles. The van der Waals surface area contributed by atoms with Crippen LogP contribution in [0.25, 0.3) is 33.1 Å². The van der Waals surface area contributed by atoms with E-state index in [9.17, 15) is 9.59 Å². The Kier molecular flexibility index (Phi) is 6.43. The smallest absolute Gasteiger partial charge is 0.340 e. The number of nitrogens with one attached hydrogen (secondary N) is 1. The van der Waals surface area contributed by atoms with Gasteiger partial charge in [0.15, 0.2) is 6.10 Å². The van der Waals surface area contributed by atoms with Crippen molar-refractivity contribution in [3.05, 3.63) is 137 Å². The van der Waals surface area contributed by atoms with Crippen LogP contribution in [0.15, 0.2) is 109 Å². The molecular weight excluding hydrogens is 508 g/mol. The van der Waals surface area contributed by atoms with Crippen LogP contribution in [0, 0.1) is 6.92 Å². The van der Waals surface area contributed by atoms with Gasteiger partial charge in [-0.15, -0.1) is 0 Å². The number of aromatic amines is 1. The van der Waals surface area contributed by atoms with E-state index in [2.05, 4.69) is 4.98 Å². The van der Waals surface area contributed by atoms with Crippen molar-refractivity contribution in [2.75, 3.05) is 0 Å². The van der Waals surface area contributed by atoms with E-state index >= 15 is 0 Å². The summed E-state index contributed by atoms with van der Waals surface area (Å²) in [6.07, 6.45) is 0.528. The summed E-state index contributed by atoms with van der Waals surface area (Å²) in [4.78, 5) is 35.9. The van der Waals surface area contributed by atoms with E-state index < -0.39 is 12.1 Å². The van der Waals surface area contributed by atoms with Crippen LogP contribution in [0.4, 0.5) is 0 Å². The van der Waals surface area contributed by atoms with Gasteiger partial charge in [0.1, 0.15) is 0 Å². The van der Waals surface area contributed by atoms with Gasteiger partial charge in [-0.05, 0) is 36.8 Å². The molecule has 2 aromatic heterocycles. The fourth-order valence-corrected chi connectivity index (χ4v) is 5.16. The molecule has 0 bridgehead atoms. The number of esters is 1. The second-order valence-electron chi connectivity index (χ2n) is 9.30. The van der Waals surface area contributed by atoms with E-state index in [1.165, 1.54) is 0 Å². The van der Waals surface area contributed by atoms with Gasteiger partial charge in [0.2, 0.25) is 5.78 Å². The maximum atomic E-state index is 14.0. The van der Waals surface area contributed by atoms with E-state index in [-0.39, 0.29) is 5.78 Å². The molecule has 0 unspecified atom stereocenters. The van der Waals surface area contributed by atoms with Gasteiger partial charge in [-0.25, -0.2) is 9.78 Å². The minimum Gasteiger partial charge on any atom is -0.445 e. The first kappa shape index (κ1) is 24.6. The first-order valence-electron chi connectivity index (χ1n) is 12.5. The number of halogens is 1. The summed E-state index contributed by atoms with van der Waals surface area (Å²) in [5, 5.41) is 1.99. The summed E-state index contributed by atoms with van der Waals surface area (Å²) in [6.45, 7) is 1.84. The van der Waals surface area contributed by atoms with Gasteiger partial charge in [0.05, 0.1) is 16.8 Å². The third-order valence-electron chi connectivity index (χ3n) is 6.86. The number of hydrogen-bond donors (Lipinski definition) is 1. The normalized spacial score (nSPS) is 11.9. The number of Topliss-reactive ketones (excluding diaryl/α,β-unsaturated/α-hetero) is 1. The van der Waals surface area contributed by atoms with Crippen molar-refractivity contribution in [1.29, 1.82) is 0 Å². The molecule has 190 valence electrons. The predicted octanol–water partition coefficient (Wildman–Crippen LogP) is 8.13. The lowest BCUT2D eigenvalue weighted by Gasteiger charge is -2.20. The molecule has 39 heavy (non-hydrogen) atoms. The lowest BCUT2D eigenvalue weighted by atomic mass is 9.97. The number of para-hydroxylation sites is 2. The topological polar surface area (TPSA) is 72.0 Å². The van der Waals surface area contributed by atoms with Gasteiger partial charge in [-0.1, -0.05) is 90.5 Å². The highest BCUT2D eigenvalue weighted by molar-refractivity contribution is 6.30. The molecule has 2 heterocycles. The van der Waals surface area contributed by atoms with E-state index in [4.69, 9.17) is 21.3 Å². The molecule has 0 amide bonds. The highest BCUT2D eigenvalue weighted by Crippen LogP contribution is 2.34. The Morgan fingerprint density at radius 2 is 1.56 bits per heavy atom. The summed E-state index contributed by atoms with van der Waals surface area (Å²) in [5.41, 5.74) is 4.95. The number of aromatic nitrogens is 2. The number of carbonyl (C=O) groups is 2. The number of ketones is 1. The van der Waals surface area contributed by atoms with Crippen molar-refractivity contribution in [2.24, 2.45) is 0 Å². The molecule has 0 aliphatic heterocycles. The molecule has 0 saturated heterocycles. The first-order chi connectivity index (χ1) is 19.0. The van der Waals surface area contributed by atoms with Crippen LogP contribution in [-0.2, 0) is 4.74 Å². The van der Waals surface area contributed by atoms with E-state index in [1.807, 2.05) is 91.9 Å². The number of benzene rings is 4. The number of H-pyrrole nitrogens is 1. The Morgan fingerprint density at radius 3 is 2.36 bits per heavy atom. The summed E-state index contributed by atoms with van der Waals surface area (Å²) >= 11 is 6.27. The van der Waals surface area contributed by atoms with Gasteiger partial charge >= 0.3 is 5.97 Å². The van der Waals surface area contributed by atoms with Crippen LogP contribution in [0.2, 0.25) is 5.02 Å². The van der Waals surface area contributed by atoms with Gasteiger partial charge in [-0.2, -0.15) is 0 Å². The third kappa shape index (κ3) is 4.58. The summed E-state index contributed by atoms with van der Waals surface area (Å²) in [5.74, 6) is -0.908.